The van der Waals surface area contributed by atoms with E-state index in [0.29, 0.717) is 13.2 Å². The molecule has 0 spiro atoms. The number of nitrogens with zero attached hydrogens (tertiary/aromatic N) is 1. The van der Waals surface area contributed by atoms with Crippen molar-refractivity contribution in [3.63, 3.8) is 0 Å². The standard InChI is InChI=1S/C23H33N3O4.HI/c1-24-22(25-12-4-13-29-17-21-5-3-14-30-21)26-18-23(10-15-28-16-11-23)19-6-8-20(27-2)9-7-19;/h3,5-9,14H,4,10-13,15-18H2,1-2H3,(H2,24,25,26);1H. The number of hydrogen-bond donors (Lipinski definition) is 2. The fourth-order valence-electron chi connectivity index (χ4n) is 3.70. The average molecular weight is 543 g/mol. The molecule has 31 heavy (non-hydrogen) atoms. The van der Waals surface area contributed by atoms with Crippen LogP contribution in [0.4, 0.5) is 0 Å². The van der Waals surface area contributed by atoms with Crippen LogP contribution in [0.2, 0.25) is 0 Å². The van der Waals surface area contributed by atoms with E-state index < -0.39 is 0 Å². The molecule has 1 fully saturated rings. The molecule has 172 valence electrons. The molecule has 1 aliphatic heterocycles. The zero-order valence-corrected chi connectivity index (χ0v) is 20.7. The van der Waals surface area contributed by atoms with Crippen molar-refractivity contribution in [3.8, 4) is 5.75 Å². The van der Waals surface area contributed by atoms with Crippen molar-refractivity contribution in [1.82, 2.24) is 10.6 Å². The van der Waals surface area contributed by atoms with Crippen LogP contribution in [0.5, 0.6) is 5.75 Å². The fourth-order valence-corrected chi connectivity index (χ4v) is 3.70. The smallest absolute Gasteiger partial charge is 0.191 e. The zero-order valence-electron chi connectivity index (χ0n) is 18.4. The number of hydrogen-bond acceptors (Lipinski definition) is 5. The first-order chi connectivity index (χ1) is 14.8. The average Bonchev–Trinajstić information content (AvgIpc) is 3.32. The Morgan fingerprint density at radius 1 is 1.13 bits per heavy atom. The topological polar surface area (TPSA) is 77.3 Å². The van der Waals surface area contributed by atoms with Gasteiger partial charge in [-0.3, -0.25) is 4.99 Å². The lowest BCUT2D eigenvalue weighted by molar-refractivity contribution is 0.0513. The van der Waals surface area contributed by atoms with Gasteiger partial charge in [0, 0.05) is 45.4 Å². The van der Waals surface area contributed by atoms with Crippen molar-refractivity contribution in [3.05, 3.63) is 54.0 Å². The lowest BCUT2D eigenvalue weighted by Gasteiger charge is -2.38. The summed E-state index contributed by atoms with van der Waals surface area (Å²) in [6.45, 7) is 4.30. The number of methoxy groups -OCH3 is 1. The van der Waals surface area contributed by atoms with E-state index in [-0.39, 0.29) is 29.4 Å². The van der Waals surface area contributed by atoms with Gasteiger partial charge in [-0.2, -0.15) is 0 Å². The van der Waals surface area contributed by atoms with Gasteiger partial charge in [-0.05, 0) is 49.1 Å². The summed E-state index contributed by atoms with van der Waals surface area (Å²) >= 11 is 0. The second-order valence-electron chi connectivity index (χ2n) is 7.46. The third-order valence-electron chi connectivity index (χ3n) is 5.55. The Bertz CT molecular complexity index is 760. The van der Waals surface area contributed by atoms with Crippen LogP contribution in [-0.2, 0) is 21.5 Å². The first-order valence-corrected chi connectivity index (χ1v) is 10.5. The van der Waals surface area contributed by atoms with E-state index in [1.165, 1.54) is 5.56 Å². The molecule has 2 aromatic rings. The normalized spacial score (nSPS) is 15.7. The minimum Gasteiger partial charge on any atom is -0.497 e. The molecule has 2 N–H and O–H groups in total. The molecule has 0 unspecified atom stereocenters. The number of nitrogens with one attached hydrogen (secondary N) is 2. The minimum absolute atomic E-state index is 0. The van der Waals surface area contributed by atoms with Gasteiger partial charge in [0.15, 0.2) is 5.96 Å². The first kappa shape index (κ1) is 25.5. The van der Waals surface area contributed by atoms with Gasteiger partial charge in [-0.1, -0.05) is 12.1 Å². The van der Waals surface area contributed by atoms with Crippen molar-refractivity contribution >= 4 is 29.9 Å². The Kier molecular flexibility index (Phi) is 11.2. The van der Waals surface area contributed by atoms with E-state index >= 15 is 0 Å². The SMILES string of the molecule is CN=C(NCCCOCc1ccco1)NCC1(c2ccc(OC)cc2)CCOCC1.I. The number of ether oxygens (including phenoxy) is 3. The Hall–Kier alpha value is -1.78. The molecule has 8 heteroatoms. The van der Waals surface area contributed by atoms with E-state index in [1.807, 2.05) is 24.3 Å². The quantitative estimate of drug-likeness (QED) is 0.206. The first-order valence-electron chi connectivity index (χ1n) is 10.5. The molecule has 0 saturated carbocycles. The highest BCUT2D eigenvalue weighted by atomic mass is 127. The summed E-state index contributed by atoms with van der Waals surface area (Å²) in [4.78, 5) is 4.37. The van der Waals surface area contributed by atoms with Crippen molar-refractivity contribution in [1.29, 1.82) is 0 Å². The van der Waals surface area contributed by atoms with E-state index in [9.17, 15) is 0 Å². The molecule has 1 aliphatic rings. The number of furan rings is 1. The predicted octanol–water partition coefficient (Wildman–Crippen LogP) is 3.73. The number of aliphatic imine (C=N–C) groups is 1. The number of guanidine groups is 1. The predicted molar refractivity (Wildman–Crippen MR) is 132 cm³/mol. The zero-order chi connectivity index (χ0) is 21.1. The summed E-state index contributed by atoms with van der Waals surface area (Å²) in [6, 6.07) is 12.2. The van der Waals surface area contributed by atoms with Crippen molar-refractivity contribution in [2.45, 2.75) is 31.3 Å². The molecular formula is C23H34IN3O4. The van der Waals surface area contributed by atoms with Crippen LogP contribution < -0.4 is 15.4 Å². The summed E-state index contributed by atoms with van der Waals surface area (Å²) in [6.07, 6.45) is 4.50. The molecular weight excluding hydrogens is 509 g/mol. The monoisotopic (exact) mass is 543 g/mol. The molecule has 1 saturated heterocycles. The van der Waals surface area contributed by atoms with Crippen LogP contribution in [0.3, 0.4) is 0 Å². The minimum atomic E-state index is 0. The Balaban J connectivity index is 0.00000341. The van der Waals surface area contributed by atoms with Gasteiger partial charge in [-0.15, -0.1) is 24.0 Å². The number of rotatable bonds is 10. The van der Waals surface area contributed by atoms with Crippen LogP contribution in [0.25, 0.3) is 0 Å². The lowest BCUT2D eigenvalue weighted by atomic mass is 9.74. The highest BCUT2D eigenvalue weighted by Gasteiger charge is 2.34. The Labute approximate surface area is 202 Å². The second-order valence-corrected chi connectivity index (χ2v) is 7.46. The molecule has 0 aliphatic carbocycles. The van der Waals surface area contributed by atoms with Gasteiger partial charge >= 0.3 is 0 Å². The van der Waals surface area contributed by atoms with Crippen molar-refractivity contribution in [2.24, 2.45) is 4.99 Å². The Morgan fingerprint density at radius 3 is 2.55 bits per heavy atom. The van der Waals surface area contributed by atoms with Crippen molar-refractivity contribution < 1.29 is 18.6 Å². The van der Waals surface area contributed by atoms with Crippen LogP contribution in [-0.4, -0.2) is 53.0 Å². The molecule has 0 atom stereocenters. The van der Waals surface area contributed by atoms with Gasteiger partial charge in [0.25, 0.3) is 0 Å². The van der Waals surface area contributed by atoms with Gasteiger partial charge in [0.2, 0.25) is 0 Å². The van der Waals surface area contributed by atoms with Crippen LogP contribution in [0, 0.1) is 0 Å². The summed E-state index contributed by atoms with van der Waals surface area (Å²) < 4.78 is 21.8. The molecule has 0 bridgehead atoms. The van der Waals surface area contributed by atoms with E-state index in [1.54, 1.807) is 20.4 Å². The molecule has 0 amide bonds. The van der Waals surface area contributed by atoms with Gasteiger partial charge < -0.3 is 29.3 Å². The summed E-state index contributed by atoms with van der Waals surface area (Å²) in [5, 5.41) is 6.89. The third-order valence-corrected chi connectivity index (χ3v) is 5.55. The summed E-state index contributed by atoms with van der Waals surface area (Å²) in [7, 11) is 3.49. The van der Waals surface area contributed by atoms with Crippen molar-refractivity contribution in [2.75, 3.05) is 47.1 Å². The molecule has 1 aromatic carbocycles. The van der Waals surface area contributed by atoms with Gasteiger partial charge in [0.1, 0.15) is 18.1 Å². The molecule has 2 heterocycles. The van der Waals surface area contributed by atoms with Crippen LogP contribution >= 0.6 is 24.0 Å². The third kappa shape index (κ3) is 7.69. The maximum absolute atomic E-state index is 5.63. The number of benzene rings is 1. The second kappa shape index (κ2) is 13.6. The molecule has 0 radical (unpaired) electrons. The van der Waals surface area contributed by atoms with E-state index in [2.05, 4.69) is 27.8 Å². The maximum atomic E-state index is 5.63. The largest absolute Gasteiger partial charge is 0.497 e. The van der Waals surface area contributed by atoms with E-state index in [0.717, 1.165) is 63.0 Å². The highest BCUT2D eigenvalue weighted by Crippen LogP contribution is 2.35. The molecule has 3 rings (SSSR count). The number of halogens is 1. The van der Waals surface area contributed by atoms with Crippen LogP contribution in [0.1, 0.15) is 30.6 Å². The fraction of sp³-hybridized carbons (Fsp3) is 0.522. The maximum Gasteiger partial charge on any atom is 0.191 e. The van der Waals surface area contributed by atoms with E-state index in [4.69, 9.17) is 18.6 Å². The lowest BCUT2D eigenvalue weighted by Crippen LogP contribution is -2.48. The van der Waals surface area contributed by atoms with Gasteiger partial charge in [0.05, 0.1) is 13.4 Å². The van der Waals surface area contributed by atoms with Gasteiger partial charge in [-0.25, -0.2) is 0 Å². The summed E-state index contributed by atoms with van der Waals surface area (Å²) in [5.74, 6) is 2.53. The summed E-state index contributed by atoms with van der Waals surface area (Å²) in [5.41, 5.74) is 1.33. The Morgan fingerprint density at radius 2 is 1.90 bits per heavy atom. The highest BCUT2D eigenvalue weighted by molar-refractivity contribution is 14.0. The molecule has 1 aromatic heterocycles. The molecule has 7 nitrogen and oxygen atoms in total. The van der Waals surface area contributed by atoms with Crippen LogP contribution in [0.15, 0.2) is 52.1 Å².